The summed E-state index contributed by atoms with van der Waals surface area (Å²) >= 11 is 1.34. The van der Waals surface area contributed by atoms with Gasteiger partial charge in [-0.2, -0.15) is 0 Å². The average molecular weight is 307 g/mol. The summed E-state index contributed by atoms with van der Waals surface area (Å²) in [6.07, 6.45) is 0. The topological polar surface area (TPSA) is 12.0 Å². The van der Waals surface area contributed by atoms with Gasteiger partial charge in [-0.05, 0) is 37.7 Å². The van der Waals surface area contributed by atoms with Crippen molar-refractivity contribution in [1.29, 1.82) is 0 Å². The van der Waals surface area contributed by atoms with E-state index >= 15 is 0 Å². The third-order valence-electron chi connectivity index (χ3n) is 3.42. The Kier molecular flexibility index (Phi) is 5.37. The molecule has 0 aromatic heterocycles. The van der Waals surface area contributed by atoms with Crippen LogP contribution in [0.1, 0.15) is 24.1 Å². The molecule has 0 saturated heterocycles. The van der Waals surface area contributed by atoms with Crippen molar-refractivity contribution in [2.75, 3.05) is 7.05 Å². The molecule has 0 aliphatic rings. The minimum absolute atomic E-state index is 0.0639. The Labute approximate surface area is 128 Å². The fourth-order valence-electron chi connectivity index (χ4n) is 2.28. The summed E-state index contributed by atoms with van der Waals surface area (Å²) in [5.41, 5.74) is 2.34. The van der Waals surface area contributed by atoms with Crippen molar-refractivity contribution in [1.82, 2.24) is 5.32 Å². The minimum atomic E-state index is -0.414. The van der Waals surface area contributed by atoms with Gasteiger partial charge in [0.25, 0.3) is 0 Å². The molecule has 1 N–H and O–H groups in total. The molecule has 2 unspecified atom stereocenters. The van der Waals surface area contributed by atoms with Gasteiger partial charge < -0.3 is 5.32 Å². The van der Waals surface area contributed by atoms with Crippen LogP contribution >= 0.6 is 11.8 Å². The van der Waals surface area contributed by atoms with Gasteiger partial charge in [0.2, 0.25) is 0 Å². The van der Waals surface area contributed by atoms with Gasteiger partial charge in [-0.25, -0.2) is 8.78 Å². The van der Waals surface area contributed by atoms with Crippen molar-refractivity contribution in [2.45, 2.75) is 30.0 Å². The van der Waals surface area contributed by atoms with Gasteiger partial charge >= 0.3 is 0 Å². The van der Waals surface area contributed by atoms with E-state index in [9.17, 15) is 8.78 Å². The van der Waals surface area contributed by atoms with Gasteiger partial charge in [-0.1, -0.05) is 36.8 Å². The first-order chi connectivity index (χ1) is 10.0. The number of nitrogens with one attached hydrogen (secondary N) is 1. The van der Waals surface area contributed by atoms with Crippen LogP contribution < -0.4 is 5.32 Å². The third-order valence-corrected chi connectivity index (χ3v) is 4.63. The molecule has 2 aromatic carbocycles. The highest BCUT2D eigenvalue weighted by Crippen LogP contribution is 2.33. The molecule has 0 fully saturated rings. The van der Waals surface area contributed by atoms with E-state index in [1.54, 1.807) is 0 Å². The second-order valence-corrected chi connectivity index (χ2v) is 6.49. The van der Waals surface area contributed by atoms with Crippen LogP contribution in [0.2, 0.25) is 0 Å². The highest BCUT2D eigenvalue weighted by molar-refractivity contribution is 8.00. The number of hydrogen-bond acceptors (Lipinski definition) is 2. The number of aryl methyl sites for hydroxylation is 1. The molecule has 2 rings (SSSR count). The van der Waals surface area contributed by atoms with Gasteiger partial charge in [0.1, 0.15) is 11.6 Å². The van der Waals surface area contributed by atoms with E-state index in [-0.39, 0.29) is 17.1 Å². The van der Waals surface area contributed by atoms with Crippen LogP contribution in [0.5, 0.6) is 0 Å². The highest BCUT2D eigenvalue weighted by atomic mass is 32.2. The Morgan fingerprint density at radius 1 is 1.05 bits per heavy atom. The Hall–Kier alpha value is -1.39. The molecular weight excluding hydrogens is 288 g/mol. The molecule has 1 nitrogen and oxygen atoms in total. The number of benzene rings is 2. The van der Waals surface area contributed by atoms with Crippen LogP contribution in [0.15, 0.2) is 47.4 Å². The molecule has 0 amide bonds. The van der Waals surface area contributed by atoms with Gasteiger partial charge in [-0.15, -0.1) is 11.8 Å². The molecule has 2 atom stereocenters. The number of thioether (sulfide) groups is 1. The molecule has 0 aliphatic heterocycles. The smallest absolute Gasteiger partial charge is 0.136 e. The molecule has 0 heterocycles. The fraction of sp³-hybridized carbons (Fsp3) is 0.294. The molecule has 0 radical (unpaired) electrons. The van der Waals surface area contributed by atoms with Crippen LogP contribution in [0.4, 0.5) is 8.78 Å². The van der Waals surface area contributed by atoms with E-state index in [1.807, 2.05) is 20.9 Å². The van der Waals surface area contributed by atoms with Crippen molar-refractivity contribution >= 4 is 11.8 Å². The Bertz CT molecular complexity index is 598. The molecule has 21 heavy (non-hydrogen) atoms. The number of hydrogen-bond donors (Lipinski definition) is 1. The first kappa shape index (κ1) is 16.0. The van der Waals surface area contributed by atoms with Crippen LogP contribution in [0.25, 0.3) is 0 Å². The molecule has 0 spiro atoms. The zero-order chi connectivity index (χ0) is 15.4. The predicted octanol–water partition coefficient (Wildman–Crippen LogP) is 4.71. The molecule has 4 heteroatoms. The quantitative estimate of drug-likeness (QED) is 0.803. The van der Waals surface area contributed by atoms with E-state index in [0.717, 1.165) is 11.6 Å². The first-order valence-corrected chi connectivity index (χ1v) is 7.74. The Morgan fingerprint density at radius 2 is 1.71 bits per heavy atom. The third kappa shape index (κ3) is 4.05. The molecule has 0 aliphatic carbocycles. The van der Waals surface area contributed by atoms with Crippen LogP contribution in [0.3, 0.4) is 0 Å². The summed E-state index contributed by atoms with van der Waals surface area (Å²) < 4.78 is 27.0. The molecule has 2 aromatic rings. The number of halogens is 2. The van der Waals surface area contributed by atoms with E-state index in [2.05, 4.69) is 29.6 Å². The molecule has 0 bridgehead atoms. The molecule has 0 saturated carbocycles. The zero-order valence-electron chi connectivity index (χ0n) is 12.4. The van der Waals surface area contributed by atoms with Crippen LogP contribution in [-0.4, -0.2) is 12.3 Å². The summed E-state index contributed by atoms with van der Waals surface area (Å²) in [6, 6.07) is 11.9. The maximum absolute atomic E-state index is 13.7. The summed E-state index contributed by atoms with van der Waals surface area (Å²) in [5.74, 6) is -0.797. The lowest BCUT2D eigenvalue weighted by atomic mass is 10.0. The van der Waals surface area contributed by atoms with Gasteiger partial charge in [0.05, 0.1) is 0 Å². The number of rotatable bonds is 5. The summed E-state index contributed by atoms with van der Waals surface area (Å²) in [4.78, 5) is 0.342. The maximum Gasteiger partial charge on any atom is 0.136 e. The normalized spacial score (nSPS) is 14.0. The fourth-order valence-corrected chi connectivity index (χ4v) is 3.47. The summed E-state index contributed by atoms with van der Waals surface area (Å²) in [5, 5.41) is 3.32. The highest BCUT2D eigenvalue weighted by Gasteiger charge is 2.20. The van der Waals surface area contributed by atoms with Gasteiger partial charge in [-0.3, -0.25) is 0 Å². The molecule has 112 valence electrons. The standard InChI is InChI=1S/C17H19F2NS/c1-11-4-6-13(7-5-11)17(20-3)12(2)21-16-10-14(18)8-9-15(16)19/h4-10,12,17,20H,1-3H3. The zero-order valence-corrected chi connectivity index (χ0v) is 13.2. The van der Waals surface area contributed by atoms with Crippen molar-refractivity contribution in [3.63, 3.8) is 0 Å². The minimum Gasteiger partial charge on any atom is -0.312 e. The average Bonchev–Trinajstić information content (AvgIpc) is 2.46. The van der Waals surface area contributed by atoms with Crippen LogP contribution in [-0.2, 0) is 0 Å². The summed E-state index contributed by atoms with van der Waals surface area (Å²) in [7, 11) is 1.88. The van der Waals surface area contributed by atoms with E-state index in [4.69, 9.17) is 0 Å². The Morgan fingerprint density at radius 3 is 2.33 bits per heavy atom. The molecular formula is C17H19F2NS. The van der Waals surface area contributed by atoms with E-state index in [1.165, 1.54) is 29.5 Å². The first-order valence-electron chi connectivity index (χ1n) is 6.87. The monoisotopic (exact) mass is 307 g/mol. The van der Waals surface area contributed by atoms with Gasteiger partial charge in [0.15, 0.2) is 0 Å². The maximum atomic E-state index is 13.7. The lowest BCUT2D eigenvalue weighted by Crippen LogP contribution is -2.25. The van der Waals surface area contributed by atoms with Gasteiger partial charge in [0, 0.05) is 16.2 Å². The van der Waals surface area contributed by atoms with Crippen molar-refractivity contribution in [3.05, 3.63) is 65.2 Å². The van der Waals surface area contributed by atoms with Crippen LogP contribution in [0, 0.1) is 18.6 Å². The Balaban J connectivity index is 2.18. The SMILES string of the molecule is CNC(c1ccc(C)cc1)C(C)Sc1cc(F)ccc1F. The lowest BCUT2D eigenvalue weighted by Gasteiger charge is -2.24. The largest absolute Gasteiger partial charge is 0.312 e. The lowest BCUT2D eigenvalue weighted by molar-refractivity contribution is 0.570. The van der Waals surface area contributed by atoms with Crippen molar-refractivity contribution in [2.24, 2.45) is 0 Å². The summed E-state index contributed by atoms with van der Waals surface area (Å²) in [6.45, 7) is 4.05. The second kappa shape index (κ2) is 7.05. The van der Waals surface area contributed by atoms with Crippen molar-refractivity contribution in [3.8, 4) is 0 Å². The second-order valence-electron chi connectivity index (χ2n) is 5.07. The van der Waals surface area contributed by atoms with Crippen molar-refractivity contribution < 1.29 is 8.78 Å². The van der Waals surface area contributed by atoms with E-state index < -0.39 is 5.82 Å². The van der Waals surface area contributed by atoms with E-state index in [0.29, 0.717) is 4.90 Å². The predicted molar refractivity (Wildman–Crippen MR) is 84.7 cm³/mol.